The molecule has 0 saturated heterocycles. The van der Waals surface area contributed by atoms with Crippen molar-refractivity contribution >= 4 is 47.6 Å². The third-order valence-corrected chi connectivity index (χ3v) is 4.99. The molecule has 2 aromatic rings. The summed E-state index contributed by atoms with van der Waals surface area (Å²) in [6, 6.07) is 8.88. The third kappa shape index (κ3) is 4.02. The van der Waals surface area contributed by atoms with E-state index in [9.17, 15) is 21.6 Å². The molecule has 0 saturated carbocycles. The number of anilines is 1. The Morgan fingerprint density at radius 2 is 1.59 bits per heavy atom. The molecule has 0 bridgehead atoms. The maximum absolute atomic E-state index is 13.0. The molecule has 0 spiro atoms. The predicted octanol–water partition coefficient (Wildman–Crippen LogP) is 5.03. The van der Waals surface area contributed by atoms with Crippen LogP contribution in [0.15, 0.2) is 56.3 Å². The van der Waals surface area contributed by atoms with Crippen LogP contribution in [-0.4, -0.2) is 8.42 Å². The third-order valence-electron chi connectivity index (χ3n) is 2.64. The van der Waals surface area contributed by atoms with E-state index in [2.05, 4.69) is 31.9 Å². The SMILES string of the molecule is O=S(=O)(Nc1ccc(Br)cc1C(F)(F)F)c1cccc(Br)c1. The average molecular weight is 459 g/mol. The molecule has 0 atom stereocenters. The van der Waals surface area contributed by atoms with Gasteiger partial charge in [-0.05, 0) is 36.4 Å². The second kappa shape index (κ2) is 6.21. The van der Waals surface area contributed by atoms with Gasteiger partial charge in [0, 0.05) is 8.95 Å². The second-order valence-electron chi connectivity index (χ2n) is 4.25. The van der Waals surface area contributed by atoms with Gasteiger partial charge >= 0.3 is 6.18 Å². The van der Waals surface area contributed by atoms with Gasteiger partial charge in [0.15, 0.2) is 0 Å². The highest BCUT2D eigenvalue weighted by molar-refractivity contribution is 9.10. The lowest BCUT2D eigenvalue weighted by Crippen LogP contribution is -2.17. The van der Waals surface area contributed by atoms with Gasteiger partial charge < -0.3 is 0 Å². The van der Waals surface area contributed by atoms with Crippen LogP contribution in [0.1, 0.15) is 5.56 Å². The molecule has 0 radical (unpaired) electrons. The van der Waals surface area contributed by atoms with Crippen molar-refractivity contribution in [2.75, 3.05) is 4.72 Å². The molecule has 9 heteroatoms. The quantitative estimate of drug-likeness (QED) is 0.700. The van der Waals surface area contributed by atoms with Crippen LogP contribution >= 0.6 is 31.9 Å². The molecule has 0 heterocycles. The van der Waals surface area contributed by atoms with E-state index in [-0.39, 0.29) is 9.37 Å². The number of halogens is 5. The van der Waals surface area contributed by atoms with E-state index in [1.807, 2.05) is 4.72 Å². The van der Waals surface area contributed by atoms with Crippen LogP contribution in [0.2, 0.25) is 0 Å². The molecule has 0 aliphatic rings. The molecular formula is C13H8Br2F3NO2S. The van der Waals surface area contributed by atoms with Crippen molar-refractivity contribution in [2.24, 2.45) is 0 Å². The van der Waals surface area contributed by atoms with E-state index in [4.69, 9.17) is 0 Å². The van der Waals surface area contributed by atoms with Crippen LogP contribution in [0, 0.1) is 0 Å². The first-order valence-corrected chi connectivity index (χ1v) is 8.82. The summed E-state index contributed by atoms with van der Waals surface area (Å²) in [4.78, 5) is -0.141. The summed E-state index contributed by atoms with van der Waals surface area (Å²) >= 11 is 6.06. The van der Waals surface area contributed by atoms with Crippen molar-refractivity contribution in [1.82, 2.24) is 0 Å². The summed E-state index contributed by atoms with van der Waals surface area (Å²) in [7, 11) is -4.13. The van der Waals surface area contributed by atoms with Crippen LogP contribution in [0.4, 0.5) is 18.9 Å². The normalized spacial score (nSPS) is 12.2. The highest BCUT2D eigenvalue weighted by atomic mass is 79.9. The second-order valence-corrected chi connectivity index (χ2v) is 7.76. The van der Waals surface area contributed by atoms with Crippen molar-refractivity contribution in [3.8, 4) is 0 Å². The topological polar surface area (TPSA) is 46.2 Å². The number of rotatable bonds is 3. The van der Waals surface area contributed by atoms with Crippen molar-refractivity contribution in [3.63, 3.8) is 0 Å². The fraction of sp³-hybridized carbons (Fsp3) is 0.0769. The molecule has 2 aromatic carbocycles. The number of sulfonamides is 1. The molecule has 118 valence electrons. The van der Waals surface area contributed by atoms with Gasteiger partial charge in [-0.15, -0.1) is 0 Å². The summed E-state index contributed by atoms with van der Waals surface area (Å²) in [5, 5.41) is 0. The van der Waals surface area contributed by atoms with Crippen LogP contribution in [0.3, 0.4) is 0 Å². The Morgan fingerprint density at radius 1 is 0.955 bits per heavy atom. The molecule has 3 nitrogen and oxygen atoms in total. The first-order chi connectivity index (χ1) is 10.1. The minimum Gasteiger partial charge on any atom is -0.279 e. The van der Waals surface area contributed by atoms with Gasteiger partial charge in [0.05, 0.1) is 16.1 Å². The van der Waals surface area contributed by atoms with E-state index >= 15 is 0 Å². The molecule has 0 aliphatic heterocycles. The molecule has 2 rings (SSSR count). The van der Waals surface area contributed by atoms with Crippen molar-refractivity contribution in [3.05, 3.63) is 57.0 Å². The zero-order valence-electron chi connectivity index (χ0n) is 10.7. The molecule has 0 amide bonds. The van der Waals surface area contributed by atoms with Crippen LogP contribution in [0.5, 0.6) is 0 Å². The predicted molar refractivity (Wildman–Crippen MR) is 84.1 cm³/mol. The standard InChI is InChI=1S/C13H8Br2F3NO2S/c14-8-2-1-3-10(6-8)22(20,21)19-12-5-4-9(15)7-11(12)13(16,17)18/h1-7,19H. The summed E-state index contributed by atoms with van der Waals surface area (Å²) < 4.78 is 66.1. The first kappa shape index (κ1) is 17.3. The molecule has 0 aliphatic carbocycles. The summed E-state index contributed by atoms with van der Waals surface area (Å²) in [6.45, 7) is 0. The van der Waals surface area contributed by atoms with Gasteiger partial charge in [0.2, 0.25) is 0 Å². The monoisotopic (exact) mass is 457 g/mol. The van der Waals surface area contributed by atoms with Gasteiger partial charge in [-0.25, -0.2) is 8.42 Å². The van der Waals surface area contributed by atoms with E-state index < -0.39 is 27.5 Å². The summed E-state index contributed by atoms with van der Waals surface area (Å²) in [5.41, 5.74) is -1.60. The van der Waals surface area contributed by atoms with E-state index in [0.29, 0.717) is 4.47 Å². The number of alkyl halides is 3. The van der Waals surface area contributed by atoms with Crippen LogP contribution in [-0.2, 0) is 16.2 Å². The lowest BCUT2D eigenvalue weighted by Gasteiger charge is -2.15. The Labute approximate surface area is 141 Å². The molecule has 22 heavy (non-hydrogen) atoms. The summed E-state index contributed by atoms with van der Waals surface area (Å²) in [6.07, 6.45) is -4.68. The Kier molecular flexibility index (Phi) is 4.88. The first-order valence-electron chi connectivity index (χ1n) is 5.75. The lowest BCUT2D eigenvalue weighted by molar-refractivity contribution is -0.136. The van der Waals surface area contributed by atoms with Crippen molar-refractivity contribution < 1.29 is 21.6 Å². The molecule has 0 aromatic heterocycles. The number of hydrogen-bond acceptors (Lipinski definition) is 2. The zero-order valence-corrected chi connectivity index (χ0v) is 14.6. The average Bonchev–Trinajstić information content (AvgIpc) is 2.39. The minimum atomic E-state index is -4.68. The Morgan fingerprint density at radius 3 is 2.18 bits per heavy atom. The minimum absolute atomic E-state index is 0.141. The Balaban J connectivity index is 2.47. The van der Waals surface area contributed by atoms with Gasteiger partial charge in [0.1, 0.15) is 0 Å². The number of hydrogen-bond donors (Lipinski definition) is 1. The summed E-state index contributed by atoms with van der Waals surface area (Å²) in [5.74, 6) is 0. The van der Waals surface area contributed by atoms with Gasteiger partial charge in [-0.2, -0.15) is 13.2 Å². The van der Waals surface area contributed by atoms with Crippen LogP contribution < -0.4 is 4.72 Å². The number of benzene rings is 2. The molecule has 0 fully saturated rings. The maximum Gasteiger partial charge on any atom is 0.418 e. The van der Waals surface area contributed by atoms with Gasteiger partial charge in [0.25, 0.3) is 10.0 Å². The van der Waals surface area contributed by atoms with Crippen molar-refractivity contribution in [2.45, 2.75) is 11.1 Å². The largest absolute Gasteiger partial charge is 0.418 e. The highest BCUT2D eigenvalue weighted by Gasteiger charge is 2.34. The number of nitrogens with one attached hydrogen (secondary N) is 1. The van der Waals surface area contributed by atoms with Crippen LogP contribution in [0.25, 0.3) is 0 Å². The Hall–Kier alpha value is -1.06. The Bertz CT molecular complexity index is 807. The van der Waals surface area contributed by atoms with Crippen molar-refractivity contribution in [1.29, 1.82) is 0 Å². The molecule has 1 N–H and O–H groups in total. The molecular weight excluding hydrogens is 451 g/mol. The maximum atomic E-state index is 13.0. The van der Waals surface area contributed by atoms with E-state index in [1.54, 1.807) is 6.07 Å². The smallest absolute Gasteiger partial charge is 0.279 e. The highest BCUT2D eigenvalue weighted by Crippen LogP contribution is 2.37. The van der Waals surface area contributed by atoms with Gasteiger partial charge in [-0.3, -0.25) is 4.72 Å². The van der Waals surface area contributed by atoms with E-state index in [0.717, 1.165) is 12.1 Å². The fourth-order valence-corrected chi connectivity index (χ4v) is 3.71. The zero-order chi connectivity index (χ0) is 16.5. The van der Waals surface area contributed by atoms with E-state index in [1.165, 1.54) is 24.3 Å². The van der Waals surface area contributed by atoms with Gasteiger partial charge in [-0.1, -0.05) is 37.9 Å². The molecule has 0 unspecified atom stereocenters. The fourth-order valence-electron chi connectivity index (χ4n) is 1.68. The lowest BCUT2D eigenvalue weighted by atomic mass is 10.2.